The summed E-state index contributed by atoms with van der Waals surface area (Å²) in [4.78, 5) is 4.68. The lowest BCUT2D eigenvalue weighted by atomic mass is 10.0. The number of para-hydroxylation sites is 1. The van der Waals surface area contributed by atoms with Gasteiger partial charge in [-0.25, -0.2) is 0 Å². The molecule has 1 aliphatic heterocycles. The van der Waals surface area contributed by atoms with Crippen molar-refractivity contribution in [3.8, 4) is 0 Å². The largest absolute Gasteiger partial charge is 0.396 e. The summed E-state index contributed by atoms with van der Waals surface area (Å²) in [6, 6.07) is 8.69. The number of halogens is 1. The number of likely N-dealkylation sites (N-methyl/N-ethyl adjacent to an activating group) is 1. The summed E-state index contributed by atoms with van der Waals surface area (Å²) in [7, 11) is 2.13. The first-order valence-corrected chi connectivity index (χ1v) is 6.83. The van der Waals surface area contributed by atoms with Gasteiger partial charge < -0.3 is 14.9 Å². The van der Waals surface area contributed by atoms with Crippen LogP contribution in [0.5, 0.6) is 0 Å². The topological polar surface area (TPSA) is 26.7 Å². The molecule has 100 valence electrons. The maximum atomic E-state index is 9.25. The molecule has 2 rings (SSSR count). The minimum Gasteiger partial charge on any atom is -0.396 e. The fourth-order valence-corrected chi connectivity index (χ4v) is 3.13. The third-order valence-corrected chi connectivity index (χ3v) is 3.88. The predicted molar refractivity (Wildman–Crippen MR) is 76.4 cm³/mol. The summed E-state index contributed by atoms with van der Waals surface area (Å²) in [5, 5.41) is 10.0. The zero-order chi connectivity index (χ0) is 13.1. The highest BCUT2D eigenvalue weighted by atomic mass is 35.5. The minimum absolute atomic E-state index is 0.214. The van der Waals surface area contributed by atoms with Gasteiger partial charge in [0.15, 0.2) is 0 Å². The number of piperazine rings is 1. The second kappa shape index (κ2) is 5.91. The molecule has 1 aromatic rings. The van der Waals surface area contributed by atoms with Crippen LogP contribution in [0.3, 0.4) is 0 Å². The molecule has 1 N–H and O–H groups in total. The molecule has 2 atom stereocenters. The summed E-state index contributed by atoms with van der Waals surface area (Å²) in [5.41, 5.74) is 1.08. The van der Waals surface area contributed by atoms with E-state index in [2.05, 4.69) is 29.8 Å². The molecule has 1 saturated heterocycles. The Morgan fingerprint density at radius 2 is 2.06 bits per heavy atom. The number of anilines is 1. The Labute approximate surface area is 114 Å². The second-order valence-corrected chi connectivity index (χ2v) is 5.50. The molecule has 4 heteroatoms. The Hall–Kier alpha value is -0.770. The number of hydrogen-bond acceptors (Lipinski definition) is 3. The van der Waals surface area contributed by atoms with Crippen molar-refractivity contribution in [2.24, 2.45) is 0 Å². The molecule has 0 spiro atoms. The maximum Gasteiger partial charge on any atom is 0.0639 e. The van der Waals surface area contributed by atoms with Crippen LogP contribution in [0.1, 0.15) is 13.3 Å². The fourth-order valence-electron chi connectivity index (χ4n) is 2.90. The van der Waals surface area contributed by atoms with E-state index in [4.69, 9.17) is 11.6 Å². The SMILES string of the molecule is CC1CN(C)CC(CCO)N1c1ccccc1Cl. The van der Waals surface area contributed by atoms with Crippen molar-refractivity contribution in [1.29, 1.82) is 0 Å². The van der Waals surface area contributed by atoms with Gasteiger partial charge in [-0.2, -0.15) is 0 Å². The van der Waals surface area contributed by atoms with E-state index in [-0.39, 0.29) is 6.61 Å². The third kappa shape index (κ3) is 2.79. The first-order chi connectivity index (χ1) is 8.63. The molecule has 1 aliphatic rings. The van der Waals surface area contributed by atoms with Crippen molar-refractivity contribution < 1.29 is 5.11 Å². The standard InChI is InChI=1S/C14H21ClN2O/c1-11-9-16(2)10-12(7-8-18)17(11)14-6-4-3-5-13(14)15/h3-6,11-12,18H,7-10H2,1-2H3. The number of benzene rings is 1. The number of aliphatic hydroxyl groups excluding tert-OH is 1. The molecule has 3 nitrogen and oxygen atoms in total. The zero-order valence-electron chi connectivity index (χ0n) is 11.0. The van der Waals surface area contributed by atoms with Crippen LogP contribution in [-0.2, 0) is 0 Å². The first-order valence-electron chi connectivity index (χ1n) is 6.45. The van der Waals surface area contributed by atoms with E-state index in [9.17, 15) is 5.11 Å². The average molecular weight is 269 g/mol. The number of rotatable bonds is 3. The molecule has 0 bridgehead atoms. The molecule has 0 aliphatic carbocycles. The Bertz CT molecular complexity index is 399. The highest BCUT2D eigenvalue weighted by molar-refractivity contribution is 6.33. The monoisotopic (exact) mass is 268 g/mol. The van der Waals surface area contributed by atoms with Crippen molar-refractivity contribution in [2.75, 3.05) is 31.6 Å². The molecule has 0 saturated carbocycles. The molecule has 0 amide bonds. The zero-order valence-corrected chi connectivity index (χ0v) is 11.8. The van der Waals surface area contributed by atoms with Gasteiger partial charge in [0, 0.05) is 31.8 Å². The van der Waals surface area contributed by atoms with Gasteiger partial charge in [0.2, 0.25) is 0 Å². The van der Waals surface area contributed by atoms with E-state index < -0.39 is 0 Å². The van der Waals surface area contributed by atoms with Crippen LogP contribution in [0, 0.1) is 0 Å². The lowest BCUT2D eigenvalue weighted by Gasteiger charge is -2.46. The summed E-state index contributed by atoms with van der Waals surface area (Å²) >= 11 is 6.31. The highest BCUT2D eigenvalue weighted by Gasteiger charge is 2.31. The summed E-state index contributed by atoms with van der Waals surface area (Å²) < 4.78 is 0. The Balaban J connectivity index is 2.29. The quantitative estimate of drug-likeness (QED) is 0.911. The lowest BCUT2D eigenvalue weighted by molar-refractivity contribution is 0.198. The van der Waals surface area contributed by atoms with Gasteiger partial charge in [0.05, 0.1) is 10.7 Å². The molecule has 1 aromatic carbocycles. The molecule has 0 aromatic heterocycles. The van der Waals surface area contributed by atoms with Crippen molar-refractivity contribution >= 4 is 17.3 Å². The van der Waals surface area contributed by atoms with Crippen molar-refractivity contribution in [3.05, 3.63) is 29.3 Å². The lowest BCUT2D eigenvalue weighted by Crippen LogP contribution is -2.57. The molecule has 1 fully saturated rings. The van der Waals surface area contributed by atoms with Crippen LogP contribution in [-0.4, -0.2) is 48.8 Å². The predicted octanol–water partition coefficient (Wildman–Crippen LogP) is 2.23. The van der Waals surface area contributed by atoms with Crippen LogP contribution >= 0.6 is 11.6 Å². The van der Waals surface area contributed by atoms with E-state index in [0.717, 1.165) is 30.2 Å². The van der Waals surface area contributed by atoms with Crippen LogP contribution in [0.4, 0.5) is 5.69 Å². The Kier molecular flexibility index (Phi) is 4.49. The molecule has 1 heterocycles. The normalized spacial score (nSPS) is 25.4. The molecule has 0 radical (unpaired) electrons. The smallest absolute Gasteiger partial charge is 0.0639 e. The molecular formula is C14H21ClN2O. The van der Waals surface area contributed by atoms with Gasteiger partial charge >= 0.3 is 0 Å². The number of hydrogen-bond donors (Lipinski definition) is 1. The van der Waals surface area contributed by atoms with Gasteiger partial charge in [0.25, 0.3) is 0 Å². The molecule has 2 unspecified atom stereocenters. The average Bonchev–Trinajstić information content (AvgIpc) is 2.31. The van der Waals surface area contributed by atoms with E-state index in [1.54, 1.807) is 0 Å². The van der Waals surface area contributed by atoms with Crippen LogP contribution in [0.15, 0.2) is 24.3 Å². The fraction of sp³-hybridized carbons (Fsp3) is 0.571. The van der Waals surface area contributed by atoms with Gasteiger partial charge in [-0.1, -0.05) is 23.7 Å². The maximum absolute atomic E-state index is 9.25. The van der Waals surface area contributed by atoms with Crippen LogP contribution in [0.25, 0.3) is 0 Å². The Morgan fingerprint density at radius 3 is 2.72 bits per heavy atom. The van der Waals surface area contributed by atoms with Crippen LogP contribution < -0.4 is 4.90 Å². The summed E-state index contributed by atoms with van der Waals surface area (Å²) in [6.07, 6.45) is 0.778. The van der Waals surface area contributed by atoms with Crippen molar-refractivity contribution in [3.63, 3.8) is 0 Å². The van der Waals surface area contributed by atoms with E-state index in [1.165, 1.54) is 0 Å². The third-order valence-electron chi connectivity index (χ3n) is 3.56. The molecule has 18 heavy (non-hydrogen) atoms. The first kappa shape index (κ1) is 13.7. The van der Waals surface area contributed by atoms with E-state index in [0.29, 0.717) is 12.1 Å². The van der Waals surface area contributed by atoms with Gasteiger partial charge in [-0.15, -0.1) is 0 Å². The van der Waals surface area contributed by atoms with Gasteiger partial charge in [0.1, 0.15) is 0 Å². The van der Waals surface area contributed by atoms with E-state index in [1.807, 2.05) is 18.2 Å². The van der Waals surface area contributed by atoms with Gasteiger partial charge in [-0.05, 0) is 32.5 Å². The van der Waals surface area contributed by atoms with Crippen LogP contribution in [0.2, 0.25) is 5.02 Å². The van der Waals surface area contributed by atoms with Crippen molar-refractivity contribution in [1.82, 2.24) is 4.90 Å². The number of nitrogens with zero attached hydrogens (tertiary/aromatic N) is 2. The van der Waals surface area contributed by atoms with Crippen molar-refractivity contribution in [2.45, 2.75) is 25.4 Å². The minimum atomic E-state index is 0.214. The molecular weight excluding hydrogens is 248 g/mol. The second-order valence-electron chi connectivity index (χ2n) is 5.10. The van der Waals surface area contributed by atoms with E-state index >= 15 is 0 Å². The Morgan fingerprint density at radius 1 is 1.33 bits per heavy atom. The summed E-state index contributed by atoms with van der Waals surface area (Å²) in [5.74, 6) is 0. The van der Waals surface area contributed by atoms with Gasteiger partial charge in [-0.3, -0.25) is 0 Å². The summed E-state index contributed by atoms with van der Waals surface area (Å²) in [6.45, 7) is 4.42. The number of aliphatic hydroxyl groups is 1. The highest BCUT2D eigenvalue weighted by Crippen LogP contribution is 2.31.